The summed E-state index contributed by atoms with van der Waals surface area (Å²) in [5.74, 6) is -0.233. The van der Waals surface area contributed by atoms with Gasteiger partial charge in [0.25, 0.3) is 0 Å². The van der Waals surface area contributed by atoms with Crippen LogP contribution in [0.4, 0.5) is 5.69 Å². The summed E-state index contributed by atoms with van der Waals surface area (Å²) in [5.41, 5.74) is 1.59. The second-order valence-corrected chi connectivity index (χ2v) is 10.8. The Kier molecular flexibility index (Phi) is 9.97. The Morgan fingerprint density at radius 3 is 2.40 bits per heavy atom. The number of methoxy groups -OCH3 is 1. The van der Waals surface area contributed by atoms with Crippen molar-refractivity contribution in [3.8, 4) is 5.75 Å². The van der Waals surface area contributed by atoms with Crippen LogP contribution in [0.5, 0.6) is 5.75 Å². The lowest BCUT2D eigenvalue weighted by molar-refractivity contribution is -0.139. The topological polar surface area (TPSA) is 96.0 Å². The highest BCUT2D eigenvalue weighted by atomic mass is 35.5. The quantitative estimate of drug-likeness (QED) is 0.484. The average Bonchev–Trinajstić information content (AvgIpc) is 2.81. The van der Waals surface area contributed by atoms with Crippen molar-refractivity contribution in [1.29, 1.82) is 0 Å². The molecule has 192 valence electrons. The van der Waals surface area contributed by atoms with E-state index in [1.807, 2.05) is 19.9 Å². The zero-order valence-corrected chi connectivity index (χ0v) is 22.6. The first-order valence-corrected chi connectivity index (χ1v) is 13.6. The zero-order valence-electron chi connectivity index (χ0n) is 21.0. The van der Waals surface area contributed by atoms with Crippen LogP contribution in [0, 0.1) is 6.92 Å². The number of carbonyl (C=O) groups is 2. The van der Waals surface area contributed by atoms with Crippen LogP contribution in [-0.2, 0) is 26.2 Å². The highest BCUT2D eigenvalue weighted by molar-refractivity contribution is 7.92. The molecule has 0 bridgehead atoms. The molecular formula is C25H34ClN3O5S. The SMILES string of the molecule is CC[C@@H](C)NC(=O)[C@@H](C)N(Cc1cccc(OC)c1)C(=O)CN(c1cccc(Cl)c1C)S(C)(=O)=O. The number of carbonyl (C=O) groups excluding carboxylic acids is 2. The Hall–Kier alpha value is -2.78. The molecule has 1 N–H and O–H groups in total. The molecule has 0 radical (unpaired) electrons. The molecule has 0 aliphatic heterocycles. The molecule has 0 aliphatic carbocycles. The number of benzene rings is 2. The Morgan fingerprint density at radius 2 is 1.80 bits per heavy atom. The van der Waals surface area contributed by atoms with E-state index in [0.717, 1.165) is 22.5 Å². The molecule has 2 aromatic rings. The van der Waals surface area contributed by atoms with Crippen LogP contribution < -0.4 is 14.4 Å². The number of anilines is 1. The molecule has 0 heterocycles. The summed E-state index contributed by atoms with van der Waals surface area (Å²) in [6.45, 7) is 6.77. The minimum Gasteiger partial charge on any atom is -0.497 e. The van der Waals surface area contributed by atoms with E-state index in [1.54, 1.807) is 57.4 Å². The van der Waals surface area contributed by atoms with Gasteiger partial charge in [-0.3, -0.25) is 13.9 Å². The van der Waals surface area contributed by atoms with Gasteiger partial charge < -0.3 is 15.0 Å². The van der Waals surface area contributed by atoms with E-state index in [4.69, 9.17) is 16.3 Å². The fourth-order valence-corrected chi connectivity index (χ4v) is 4.55. The molecule has 2 rings (SSSR count). The molecule has 0 saturated heterocycles. The lowest BCUT2D eigenvalue weighted by atomic mass is 10.1. The first kappa shape index (κ1) is 28.5. The van der Waals surface area contributed by atoms with Gasteiger partial charge in [-0.05, 0) is 62.6 Å². The smallest absolute Gasteiger partial charge is 0.244 e. The predicted molar refractivity (Wildman–Crippen MR) is 139 cm³/mol. The highest BCUT2D eigenvalue weighted by Crippen LogP contribution is 2.28. The van der Waals surface area contributed by atoms with Crippen molar-refractivity contribution in [3.05, 3.63) is 58.6 Å². The fraction of sp³-hybridized carbons (Fsp3) is 0.440. The highest BCUT2D eigenvalue weighted by Gasteiger charge is 2.31. The van der Waals surface area contributed by atoms with E-state index in [9.17, 15) is 18.0 Å². The third-order valence-corrected chi connectivity index (χ3v) is 7.38. The largest absolute Gasteiger partial charge is 0.497 e. The van der Waals surface area contributed by atoms with Crippen molar-refractivity contribution in [1.82, 2.24) is 10.2 Å². The number of nitrogens with zero attached hydrogens (tertiary/aromatic N) is 2. The zero-order chi connectivity index (χ0) is 26.3. The van der Waals surface area contributed by atoms with E-state index in [2.05, 4.69) is 5.32 Å². The van der Waals surface area contributed by atoms with Gasteiger partial charge in [-0.2, -0.15) is 0 Å². The molecule has 2 atom stereocenters. The first-order chi connectivity index (χ1) is 16.4. The van der Waals surface area contributed by atoms with Crippen LogP contribution in [0.15, 0.2) is 42.5 Å². The lowest BCUT2D eigenvalue weighted by Gasteiger charge is -2.32. The third-order valence-electron chi connectivity index (χ3n) is 5.84. The molecule has 0 aliphatic rings. The summed E-state index contributed by atoms with van der Waals surface area (Å²) in [5, 5.41) is 3.29. The standard InChI is InChI=1S/C25H34ClN3O5S/c1-7-17(2)27-25(31)19(4)28(15-20-10-8-11-21(14-20)34-5)24(30)16-29(35(6,32)33)23-13-9-12-22(26)18(23)3/h8-14,17,19H,7,15-16H2,1-6H3,(H,27,31)/t17-,19-/m1/s1. The number of ether oxygens (including phenoxy) is 1. The summed E-state index contributed by atoms with van der Waals surface area (Å²) in [7, 11) is -2.29. The number of halogens is 1. The van der Waals surface area contributed by atoms with Crippen LogP contribution in [0.25, 0.3) is 0 Å². The molecule has 35 heavy (non-hydrogen) atoms. The number of rotatable bonds is 11. The average molecular weight is 524 g/mol. The Bertz CT molecular complexity index is 1160. The maximum Gasteiger partial charge on any atom is 0.244 e. The van der Waals surface area contributed by atoms with Crippen molar-refractivity contribution < 1.29 is 22.7 Å². The van der Waals surface area contributed by atoms with Gasteiger partial charge in [0.15, 0.2) is 0 Å². The number of hydrogen-bond acceptors (Lipinski definition) is 5. The van der Waals surface area contributed by atoms with Crippen LogP contribution in [0.2, 0.25) is 5.02 Å². The predicted octanol–water partition coefficient (Wildman–Crippen LogP) is 3.76. The number of sulfonamides is 1. The number of amides is 2. The van der Waals surface area contributed by atoms with Crippen LogP contribution in [-0.4, -0.2) is 57.1 Å². The molecule has 2 amide bonds. The lowest BCUT2D eigenvalue weighted by Crippen LogP contribution is -2.52. The molecule has 2 aromatic carbocycles. The molecular weight excluding hydrogens is 490 g/mol. The van der Waals surface area contributed by atoms with E-state index in [1.165, 1.54) is 4.90 Å². The monoisotopic (exact) mass is 523 g/mol. The summed E-state index contributed by atoms with van der Waals surface area (Å²) < 4.78 is 31.7. The second-order valence-electron chi connectivity index (χ2n) is 8.52. The molecule has 0 spiro atoms. The molecule has 0 saturated carbocycles. The van der Waals surface area contributed by atoms with E-state index in [-0.39, 0.29) is 18.5 Å². The molecule has 0 fully saturated rings. The minimum atomic E-state index is -3.83. The van der Waals surface area contributed by atoms with Gasteiger partial charge in [0.2, 0.25) is 21.8 Å². The van der Waals surface area contributed by atoms with Crippen LogP contribution in [0.3, 0.4) is 0 Å². The maximum atomic E-state index is 13.6. The van der Waals surface area contributed by atoms with Gasteiger partial charge in [0.1, 0.15) is 18.3 Å². The van der Waals surface area contributed by atoms with Crippen molar-refractivity contribution in [2.24, 2.45) is 0 Å². The van der Waals surface area contributed by atoms with Gasteiger partial charge in [-0.25, -0.2) is 8.42 Å². The molecule has 0 aromatic heterocycles. The Balaban J connectivity index is 2.45. The summed E-state index contributed by atoms with van der Waals surface area (Å²) in [6, 6.07) is 11.1. The van der Waals surface area contributed by atoms with Crippen molar-refractivity contribution >= 4 is 39.1 Å². The second kappa shape index (κ2) is 12.3. The van der Waals surface area contributed by atoms with Gasteiger partial charge in [0.05, 0.1) is 19.1 Å². The van der Waals surface area contributed by atoms with Gasteiger partial charge in [-0.1, -0.05) is 36.7 Å². The Morgan fingerprint density at radius 1 is 1.14 bits per heavy atom. The Labute approximate surface area is 213 Å². The van der Waals surface area contributed by atoms with E-state index < -0.39 is 28.5 Å². The first-order valence-electron chi connectivity index (χ1n) is 11.3. The minimum absolute atomic E-state index is 0.0691. The normalized spacial score (nSPS) is 13.0. The third kappa shape index (κ3) is 7.60. The number of nitrogens with one attached hydrogen (secondary N) is 1. The summed E-state index contributed by atoms with van der Waals surface area (Å²) >= 11 is 6.22. The van der Waals surface area contributed by atoms with Crippen LogP contribution in [0.1, 0.15) is 38.3 Å². The number of hydrogen-bond donors (Lipinski definition) is 1. The van der Waals surface area contributed by atoms with Gasteiger partial charge in [-0.15, -0.1) is 0 Å². The van der Waals surface area contributed by atoms with Gasteiger partial charge in [0, 0.05) is 17.6 Å². The fourth-order valence-electron chi connectivity index (χ4n) is 3.48. The van der Waals surface area contributed by atoms with Crippen molar-refractivity contribution in [3.63, 3.8) is 0 Å². The van der Waals surface area contributed by atoms with Crippen molar-refractivity contribution in [2.75, 3.05) is 24.2 Å². The van der Waals surface area contributed by atoms with Crippen LogP contribution >= 0.6 is 11.6 Å². The van der Waals surface area contributed by atoms with E-state index >= 15 is 0 Å². The molecule has 10 heteroatoms. The van der Waals surface area contributed by atoms with E-state index in [0.29, 0.717) is 22.0 Å². The van der Waals surface area contributed by atoms with Gasteiger partial charge >= 0.3 is 0 Å². The summed E-state index contributed by atoms with van der Waals surface area (Å²) in [4.78, 5) is 27.9. The molecule has 0 unspecified atom stereocenters. The summed E-state index contributed by atoms with van der Waals surface area (Å²) in [6.07, 6.45) is 1.77. The van der Waals surface area contributed by atoms with Crippen molar-refractivity contribution in [2.45, 2.75) is 52.7 Å². The molecule has 8 nitrogen and oxygen atoms in total. The maximum absolute atomic E-state index is 13.6.